The highest BCUT2D eigenvalue weighted by molar-refractivity contribution is 5.94. The van der Waals surface area contributed by atoms with E-state index in [4.69, 9.17) is 14.7 Å². The summed E-state index contributed by atoms with van der Waals surface area (Å²) in [4.78, 5) is 41.0. The number of rotatable bonds is 5. The van der Waals surface area contributed by atoms with Crippen LogP contribution in [0, 0.1) is 5.92 Å². The third-order valence-corrected chi connectivity index (χ3v) is 8.32. The van der Waals surface area contributed by atoms with Gasteiger partial charge in [-0.15, -0.1) is 0 Å². The van der Waals surface area contributed by atoms with Crippen molar-refractivity contribution in [1.82, 2.24) is 20.2 Å². The summed E-state index contributed by atoms with van der Waals surface area (Å²) in [7, 11) is 0. The first-order valence-electron chi connectivity index (χ1n) is 14.7. The zero-order valence-electron chi connectivity index (χ0n) is 24.6. The van der Waals surface area contributed by atoms with E-state index in [0.29, 0.717) is 43.8 Å². The van der Waals surface area contributed by atoms with Gasteiger partial charge in [0.2, 0.25) is 5.91 Å². The molecule has 2 amide bonds. The molecule has 2 heterocycles. The zero-order chi connectivity index (χ0) is 29.9. The fraction of sp³-hybridized carbons (Fsp3) is 0.500. The molecule has 224 valence electrons. The third kappa shape index (κ3) is 6.19. The number of fused-ring (bicyclic) bond motifs is 1. The zero-order valence-corrected chi connectivity index (χ0v) is 24.6. The van der Waals surface area contributed by atoms with Crippen molar-refractivity contribution < 1.29 is 29.1 Å². The lowest BCUT2D eigenvalue weighted by atomic mass is 9.68. The van der Waals surface area contributed by atoms with Crippen molar-refractivity contribution in [2.24, 2.45) is 5.92 Å². The van der Waals surface area contributed by atoms with Crippen LogP contribution in [0.15, 0.2) is 48.7 Å². The van der Waals surface area contributed by atoms with Crippen LogP contribution in [0.1, 0.15) is 74.4 Å². The molecule has 1 aromatic heterocycles. The molecule has 2 N–H and O–H groups in total. The lowest BCUT2D eigenvalue weighted by molar-refractivity contribution is -0.139. The highest BCUT2D eigenvalue weighted by Crippen LogP contribution is 2.41. The van der Waals surface area contributed by atoms with E-state index in [-0.39, 0.29) is 11.8 Å². The minimum Gasteiger partial charge on any atom is -0.442 e. The van der Waals surface area contributed by atoms with Gasteiger partial charge in [-0.2, -0.15) is 9.78 Å². The van der Waals surface area contributed by atoms with Gasteiger partial charge in [0.05, 0.1) is 30.3 Å². The van der Waals surface area contributed by atoms with Crippen molar-refractivity contribution in [2.75, 3.05) is 26.3 Å². The molecule has 0 spiro atoms. The van der Waals surface area contributed by atoms with E-state index in [1.54, 1.807) is 23.8 Å². The summed E-state index contributed by atoms with van der Waals surface area (Å²) in [5, 5.41) is 14.2. The van der Waals surface area contributed by atoms with E-state index in [1.807, 2.05) is 56.0 Å². The van der Waals surface area contributed by atoms with E-state index in [1.165, 1.54) is 4.68 Å². The summed E-state index contributed by atoms with van der Waals surface area (Å²) in [6.07, 6.45) is 6.36. The van der Waals surface area contributed by atoms with Crippen LogP contribution in [0.4, 0.5) is 4.79 Å². The van der Waals surface area contributed by atoms with E-state index >= 15 is 0 Å². The molecule has 1 aliphatic heterocycles. The van der Waals surface area contributed by atoms with Gasteiger partial charge in [0, 0.05) is 30.0 Å². The van der Waals surface area contributed by atoms with Crippen LogP contribution >= 0.6 is 0 Å². The largest absolute Gasteiger partial charge is 0.442 e. The fourth-order valence-electron chi connectivity index (χ4n) is 6.33. The average Bonchev–Trinajstić information content (AvgIpc) is 3.29. The summed E-state index contributed by atoms with van der Waals surface area (Å²) in [6, 6.07) is 12.8. The van der Waals surface area contributed by atoms with Crippen LogP contribution < -0.4 is 5.48 Å². The first-order valence-corrected chi connectivity index (χ1v) is 14.7. The molecule has 1 saturated carbocycles. The summed E-state index contributed by atoms with van der Waals surface area (Å²) in [5.41, 5.74) is 3.34. The molecule has 2 aliphatic rings. The summed E-state index contributed by atoms with van der Waals surface area (Å²) in [6.45, 7) is 7.54. The highest BCUT2D eigenvalue weighted by Gasteiger charge is 2.44. The van der Waals surface area contributed by atoms with Crippen LogP contribution in [0.3, 0.4) is 0 Å². The summed E-state index contributed by atoms with van der Waals surface area (Å²) < 4.78 is 12.8. The predicted octanol–water partition coefficient (Wildman–Crippen LogP) is 4.86. The Balaban J connectivity index is 1.37. The van der Waals surface area contributed by atoms with Gasteiger partial charge < -0.3 is 14.4 Å². The molecule has 10 heteroatoms. The standard InChI is InChI=1S/C32H40N4O6/c1-31(2,3)42-30(39)36-27-9-7-8-24(26(27)19-33-36)18-22-20-35(16-17-41-21-22)29(38)32(14-5-4-6-15-32)25-12-10-23(11-13-25)28(37)34-40/h7-13,19,22,40H,4-6,14-18,20-21H2,1-3H3,(H,34,37). The molecule has 1 saturated heterocycles. The molecule has 2 aromatic carbocycles. The molecule has 42 heavy (non-hydrogen) atoms. The summed E-state index contributed by atoms with van der Waals surface area (Å²) >= 11 is 0. The molecular formula is C32H40N4O6. The fourth-order valence-corrected chi connectivity index (χ4v) is 6.33. The predicted molar refractivity (Wildman–Crippen MR) is 156 cm³/mol. The van der Waals surface area contributed by atoms with Gasteiger partial charge in [0.25, 0.3) is 5.91 Å². The van der Waals surface area contributed by atoms with E-state index in [2.05, 4.69) is 5.10 Å². The van der Waals surface area contributed by atoms with Crippen LogP contribution in [-0.2, 0) is 26.1 Å². The maximum Gasteiger partial charge on any atom is 0.435 e. The molecule has 1 atom stereocenters. The maximum atomic E-state index is 14.4. The van der Waals surface area contributed by atoms with Gasteiger partial charge in [0.1, 0.15) is 5.60 Å². The topological polar surface area (TPSA) is 123 Å². The van der Waals surface area contributed by atoms with Gasteiger partial charge in [-0.05, 0) is 69.4 Å². The number of benzene rings is 2. The highest BCUT2D eigenvalue weighted by atomic mass is 16.6. The second kappa shape index (κ2) is 12.2. The van der Waals surface area contributed by atoms with Gasteiger partial charge in [-0.1, -0.05) is 43.5 Å². The van der Waals surface area contributed by atoms with Gasteiger partial charge in [0.15, 0.2) is 0 Å². The first-order chi connectivity index (χ1) is 20.1. The minimum absolute atomic E-state index is 0.0585. The normalized spacial score (nSPS) is 19.2. The number of hydrogen-bond acceptors (Lipinski definition) is 7. The van der Waals surface area contributed by atoms with E-state index in [9.17, 15) is 14.4 Å². The molecule has 0 radical (unpaired) electrons. The number of hydroxylamine groups is 1. The average molecular weight is 577 g/mol. The van der Waals surface area contributed by atoms with E-state index < -0.39 is 23.0 Å². The Hall–Kier alpha value is -3.76. The Bertz CT molecular complexity index is 1440. The number of ether oxygens (including phenoxy) is 2. The monoisotopic (exact) mass is 576 g/mol. The number of hydrogen-bond donors (Lipinski definition) is 2. The Labute approximate surface area is 245 Å². The second-order valence-corrected chi connectivity index (χ2v) is 12.4. The summed E-state index contributed by atoms with van der Waals surface area (Å²) in [5.74, 6) is -0.416. The van der Waals surface area contributed by atoms with Crippen molar-refractivity contribution in [2.45, 2.75) is 70.3 Å². The quantitative estimate of drug-likeness (QED) is 0.329. The van der Waals surface area contributed by atoms with Crippen molar-refractivity contribution in [3.8, 4) is 0 Å². The second-order valence-electron chi connectivity index (χ2n) is 12.4. The Morgan fingerprint density at radius 2 is 1.83 bits per heavy atom. The van der Waals surface area contributed by atoms with Crippen molar-refractivity contribution in [3.63, 3.8) is 0 Å². The Morgan fingerprint density at radius 3 is 2.52 bits per heavy atom. The van der Waals surface area contributed by atoms with Crippen LogP contribution in [0.2, 0.25) is 0 Å². The SMILES string of the molecule is CC(C)(C)OC(=O)n1ncc2c(CC3COCCN(C(=O)C4(c5ccc(C(=O)NO)cc5)CCCCC4)C3)cccc21. The molecule has 5 rings (SSSR count). The number of carbonyl (C=O) groups excluding carboxylic acids is 3. The van der Waals surface area contributed by atoms with Crippen molar-refractivity contribution in [3.05, 3.63) is 65.4 Å². The molecule has 0 bridgehead atoms. The van der Waals surface area contributed by atoms with Gasteiger partial charge in [-0.3, -0.25) is 14.8 Å². The molecule has 10 nitrogen and oxygen atoms in total. The Kier molecular flexibility index (Phi) is 8.65. The smallest absolute Gasteiger partial charge is 0.435 e. The van der Waals surface area contributed by atoms with Crippen molar-refractivity contribution >= 4 is 28.8 Å². The number of nitrogens with zero attached hydrogens (tertiary/aromatic N) is 3. The van der Waals surface area contributed by atoms with Gasteiger partial charge >= 0.3 is 6.09 Å². The van der Waals surface area contributed by atoms with Crippen molar-refractivity contribution in [1.29, 1.82) is 0 Å². The van der Waals surface area contributed by atoms with Crippen LogP contribution in [0.5, 0.6) is 0 Å². The molecular weight excluding hydrogens is 536 g/mol. The van der Waals surface area contributed by atoms with E-state index in [0.717, 1.165) is 48.6 Å². The number of amides is 2. The first kappa shape index (κ1) is 29.7. The van der Waals surface area contributed by atoms with Crippen LogP contribution in [0.25, 0.3) is 10.9 Å². The number of carbonyl (C=O) groups is 3. The van der Waals surface area contributed by atoms with Crippen LogP contribution in [-0.4, -0.2) is 69.7 Å². The lowest BCUT2D eigenvalue weighted by Gasteiger charge is -2.40. The number of aromatic nitrogens is 2. The molecule has 1 aliphatic carbocycles. The van der Waals surface area contributed by atoms with Gasteiger partial charge in [-0.25, -0.2) is 10.3 Å². The third-order valence-electron chi connectivity index (χ3n) is 8.32. The molecule has 1 unspecified atom stereocenters. The minimum atomic E-state index is -0.657. The Morgan fingerprint density at radius 1 is 1.10 bits per heavy atom. The number of nitrogens with one attached hydrogen (secondary N) is 1. The molecule has 2 fully saturated rings. The molecule has 3 aromatic rings. The lowest BCUT2D eigenvalue weighted by Crippen LogP contribution is -2.50. The maximum absolute atomic E-state index is 14.4.